The third kappa shape index (κ3) is 0.949. The lowest BCUT2D eigenvalue weighted by Gasteiger charge is -1.91. The first-order valence-electron chi connectivity index (χ1n) is 5.50. The number of hydrogen-bond acceptors (Lipinski definition) is 1. The number of aryl methyl sites for hydroxylation is 1. The number of benzene rings is 1. The molecule has 0 saturated carbocycles. The van der Waals surface area contributed by atoms with Crippen LogP contribution < -0.4 is 0 Å². The molecule has 0 aliphatic carbocycles. The quantitative estimate of drug-likeness (QED) is 0.445. The molecule has 3 heteroatoms. The van der Waals surface area contributed by atoms with Crippen molar-refractivity contribution in [2.75, 3.05) is 0 Å². The molecule has 0 aliphatic heterocycles. The van der Waals surface area contributed by atoms with Gasteiger partial charge in [0.2, 0.25) is 5.78 Å². The zero-order valence-corrected chi connectivity index (χ0v) is 9.31. The van der Waals surface area contributed by atoms with E-state index >= 15 is 0 Å². The van der Waals surface area contributed by atoms with Crippen molar-refractivity contribution in [1.82, 2.24) is 14.0 Å². The van der Waals surface area contributed by atoms with E-state index in [2.05, 4.69) is 27.6 Å². The summed E-state index contributed by atoms with van der Waals surface area (Å²) in [7, 11) is 2.01. The van der Waals surface area contributed by atoms with Gasteiger partial charge in [0.15, 0.2) is 0 Å². The summed E-state index contributed by atoms with van der Waals surface area (Å²) < 4.78 is 4.21. The minimum absolute atomic E-state index is 0.942. The molecule has 0 amide bonds. The molecule has 0 unspecified atom stereocenters. The highest BCUT2D eigenvalue weighted by Gasteiger charge is 2.12. The average molecular weight is 219 g/mol. The van der Waals surface area contributed by atoms with Crippen LogP contribution in [-0.2, 0) is 7.05 Å². The Bertz CT molecular complexity index is 852. The number of imidazole rings is 2. The maximum Gasteiger partial charge on any atom is 0.216 e. The summed E-state index contributed by atoms with van der Waals surface area (Å²) in [4.78, 5) is 4.64. The van der Waals surface area contributed by atoms with Crippen LogP contribution in [-0.4, -0.2) is 14.0 Å². The van der Waals surface area contributed by atoms with Crippen LogP contribution in [0.15, 0.2) is 36.4 Å². The number of aromatic nitrogens is 3. The Kier molecular flexibility index (Phi) is 1.43. The first-order chi connectivity index (χ1) is 8.36. The first-order valence-corrected chi connectivity index (χ1v) is 5.50. The molecule has 0 aliphatic rings. The fourth-order valence-corrected chi connectivity index (χ4v) is 2.39. The number of rotatable bonds is 0. The molecular formula is C14H9N3. The van der Waals surface area contributed by atoms with Gasteiger partial charge in [0.1, 0.15) is 5.52 Å². The molecule has 0 saturated heterocycles. The van der Waals surface area contributed by atoms with Gasteiger partial charge < -0.3 is 4.57 Å². The van der Waals surface area contributed by atoms with Crippen molar-refractivity contribution in [2.24, 2.45) is 7.05 Å². The van der Waals surface area contributed by atoms with E-state index in [4.69, 9.17) is 0 Å². The van der Waals surface area contributed by atoms with Gasteiger partial charge in [0.25, 0.3) is 0 Å². The Labute approximate surface area is 97.9 Å². The Hall–Kier alpha value is -2.47. The summed E-state index contributed by atoms with van der Waals surface area (Å²) in [6.45, 7) is 0. The average Bonchev–Trinajstić information content (AvgIpc) is 2.88. The Balaban J connectivity index is 2.41. The largest absolute Gasteiger partial charge is 0.306 e. The van der Waals surface area contributed by atoms with Crippen LogP contribution in [0.5, 0.6) is 0 Å². The fraction of sp³-hybridized carbons (Fsp3) is 0.0714. The standard InChI is InChI=1S/C14H9N3/c1-16-12-8-4-5-9-13(12)17-11-7-3-2-6-10(11)15-14(16)17/h2-3,5-7,9H,1H3. The van der Waals surface area contributed by atoms with Gasteiger partial charge in [-0.2, -0.15) is 0 Å². The van der Waals surface area contributed by atoms with Crippen molar-refractivity contribution < 1.29 is 0 Å². The maximum atomic E-state index is 4.64. The summed E-state index contributed by atoms with van der Waals surface area (Å²) >= 11 is 0. The summed E-state index contributed by atoms with van der Waals surface area (Å²) in [6, 6.07) is 18.2. The van der Waals surface area contributed by atoms with E-state index in [1.807, 2.05) is 41.9 Å². The monoisotopic (exact) mass is 219 g/mol. The number of hydrogen-bond donors (Lipinski definition) is 0. The molecule has 4 aromatic rings. The second-order valence-electron chi connectivity index (χ2n) is 4.13. The smallest absolute Gasteiger partial charge is 0.216 e. The molecule has 0 fully saturated rings. The lowest BCUT2D eigenvalue weighted by molar-refractivity contribution is 0.974. The van der Waals surface area contributed by atoms with Crippen LogP contribution in [0, 0.1) is 12.1 Å². The predicted octanol–water partition coefficient (Wildman–Crippen LogP) is 2.58. The Morgan fingerprint density at radius 3 is 2.94 bits per heavy atom. The molecule has 0 atom stereocenters. The van der Waals surface area contributed by atoms with Gasteiger partial charge >= 0.3 is 0 Å². The summed E-state index contributed by atoms with van der Waals surface area (Å²) in [5.74, 6) is 0.942. The molecule has 0 spiro atoms. The SMILES string of the molecule is Cn1c2c#cccc2n2c3ccccc3nc12. The van der Waals surface area contributed by atoms with E-state index in [1.165, 1.54) is 0 Å². The normalized spacial score (nSPS) is 11.4. The van der Waals surface area contributed by atoms with Gasteiger partial charge in [-0.05, 0) is 30.3 Å². The molecule has 17 heavy (non-hydrogen) atoms. The highest BCUT2D eigenvalue weighted by Crippen LogP contribution is 2.23. The third-order valence-corrected chi connectivity index (χ3v) is 3.18. The van der Waals surface area contributed by atoms with Gasteiger partial charge in [-0.15, -0.1) is 0 Å². The van der Waals surface area contributed by atoms with Gasteiger partial charge in [0.05, 0.1) is 16.6 Å². The molecule has 80 valence electrons. The first kappa shape index (κ1) is 8.66. The van der Waals surface area contributed by atoms with Crippen molar-refractivity contribution in [3.05, 3.63) is 48.5 Å². The summed E-state index contributed by atoms with van der Waals surface area (Å²) in [5.41, 5.74) is 4.30. The van der Waals surface area contributed by atoms with Gasteiger partial charge in [-0.3, -0.25) is 4.40 Å². The Morgan fingerprint density at radius 2 is 2.00 bits per heavy atom. The van der Waals surface area contributed by atoms with Crippen molar-refractivity contribution in [3.8, 4) is 0 Å². The van der Waals surface area contributed by atoms with Crippen LogP contribution >= 0.6 is 0 Å². The van der Waals surface area contributed by atoms with E-state index in [0.717, 1.165) is 27.8 Å². The van der Waals surface area contributed by atoms with E-state index < -0.39 is 0 Å². The molecule has 0 N–H and O–H groups in total. The second-order valence-corrected chi connectivity index (χ2v) is 4.13. The second kappa shape index (κ2) is 2.80. The molecule has 0 bridgehead atoms. The van der Waals surface area contributed by atoms with E-state index in [9.17, 15) is 0 Å². The van der Waals surface area contributed by atoms with Crippen molar-refractivity contribution >= 4 is 27.8 Å². The van der Waals surface area contributed by atoms with E-state index in [1.54, 1.807) is 0 Å². The number of nitrogens with zero attached hydrogens (tertiary/aromatic N) is 3. The molecule has 3 nitrogen and oxygen atoms in total. The number of para-hydroxylation sites is 2. The van der Waals surface area contributed by atoms with Crippen molar-refractivity contribution in [3.63, 3.8) is 0 Å². The van der Waals surface area contributed by atoms with Crippen molar-refractivity contribution in [2.45, 2.75) is 0 Å². The molecule has 0 radical (unpaired) electrons. The zero-order valence-electron chi connectivity index (χ0n) is 9.31. The minimum atomic E-state index is 0.942. The molecule has 2 aromatic carbocycles. The lowest BCUT2D eigenvalue weighted by Crippen LogP contribution is -1.87. The van der Waals surface area contributed by atoms with Crippen LogP contribution in [0.2, 0.25) is 0 Å². The van der Waals surface area contributed by atoms with E-state index in [0.29, 0.717) is 0 Å². The van der Waals surface area contributed by atoms with Crippen LogP contribution in [0.25, 0.3) is 27.8 Å². The van der Waals surface area contributed by atoms with Gasteiger partial charge in [0, 0.05) is 7.05 Å². The van der Waals surface area contributed by atoms with Crippen LogP contribution in [0.4, 0.5) is 0 Å². The highest BCUT2D eigenvalue weighted by atomic mass is 15.2. The molecule has 2 aromatic heterocycles. The number of fused-ring (bicyclic) bond motifs is 5. The molecule has 2 heterocycles. The molecular weight excluding hydrogens is 210 g/mol. The van der Waals surface area contributed by atoms with Crippen molar-refractivity contribution in [1.29, 1.82) is 0 Å². The Morgan fingerprint density at radius 1 is 1.12 bits per heavy atom. The third-order valence-electron chi connectivity index (χ3n) is 3.18. The maximum absolute atomic E-state index is 4.64. The zero-order chi connectivity index (χ0) is 11.4. The minimum Gasteiger partial charge on any atom is -0.306 e. The topological polar surface area (TPSA) is 22.2 Å². The van der Waals surface area contributed by atoms with Crippen LogP contribution in [0.3, 0.4) is 0 Å². The predicted molar refractivity (Wildman–Crippen MR) is 66.8 cm³/mol. The fourth-order valence-electron chi connectivity index (χ4n) is 2.39. The highest BCUT2D eigenvalue weighted by molar-refractivity contribution is 5.89. The molecule has 4 rings (SSSR count). The summed E-state index contributed by atoms with van der Waals surface area (Å²) in [6.07, 6.45) is 0. The van der Waals surface area contributed by atoms with E-state index in [-0.39, 0.29) is 0 Å². The lowest BCUT2D eigenvalue weighted by atomic mass is 10.3. The summed E-state index contributed by atoms with van der Waals surface area (Å²) in [5, 5.41) is 0. The van der Waals surface area contributed by atoms with Gasteiger partial charge in [-0.25, -0.2) is 4.98 Å². The van der Waals surface area contributed by atoms with Crippen LogP contribution in [0.1, 0.15) is 0 Å². The van der Waals surface area contributed by atoms with Gasteiger partial charge in [-0.1, -0.05) is 18.2 Å².